The van der Waals surface area contributed by atoms with Gasteiger partial charge in [0.2, 0.25) is 0 Å². The van der Waals surface area contributed by atoms with Gasteiger partial charge >= 0.3 is 5.97 Å². The van der Waals surface area contributed by atoms with Crippen molar-refractivity contribution in [2.75, 3.05) is 33.0 Å². The van der Waals surface area contributed by atoms with Gasteiger partial charge in [0.15, 0.2) is 0 Å². The van der Waals surface area contributed by atoms with Gasteiger partial charge < -0.3 is 14.2 Å². The van der Waals surface area contributed by atoms with E-state index in [-0.39, 0.29) is 5.97 Å². The second-order valence-electron chi connectivity index (χ2n) is 4.40. The molecule has 0 spiro atoms. The van der Waals surface area contributed by atoms with Crippen molar-refractivity contribution in [3.63, 3.8) is 0 Å². The summed E-state index contributed by atoms with van der Waals surface area (Å²) >= 11 is 0. The largest absolute Gasteiger partial charge is 0.463 e. The van der Waals surface area contributed by atoms with Crippen LogP contribution in [0, 0.1) is 5.92 Å². The molecule has 0 aliphatic carbocycles. The molecular formula is C13H26O4. The van der Waals surface area contributed by atoms with Gasteiger partial charge in [0.05, 0.1) is 19.8 Å². The molecule has 0 N–H and O–H groups in total. The molecule has 0 aliphatic rings. The van der Waals surface area contributed by atoms with Gasteiger partial charge in [-0.25, -0.2) is 0 Å². The third-order valence-corrected chi connectivity index (χ3v) is 2.08. The first-order chi connectivity index (χ1) is 8.16. The van der Waals surface area contributed by atoms with Crippen molar-refractivity contribution in [1.29, 1.82) is 0 Å². The lowest BCUT2D eigenvalue weighted by Crippen LogP contribution is -2.14. The second-order valence-corrected chi connectivity index (χ2v) is 4.40. The van der Waals surface area contributed by atoms with E-state index in [4.69, 9.17) is 14.2 Å². The zero-order valence-corrected chi connectivity index (χ0v) is 11.4. The van der Waals surface area contributed by atoms with E-state index in [1.807, 2.05) is 13.8 Å². The van der Waals surface area contributed by atoms with Crippen LogP contribution in [0.1, 0.15) is 40.0 Å². The number of hydrogen-bond donors (Lipinski definition) is 0. The van der Waals surface area contributed by atoms with Crippen LogP contribution >= 0.6 is 0 Å². The maximum absolute atomic E-state index is 11.2. The number of hydrogen-bond acceptors (Lipinski definition) is 4. The molecule has 0 saturated heterocycles. The summed E-state index contributed by atoms with van der Waals surface area (Å²) in [7, 11) is 0. The predicted molar refractivity (Wildman–Crippen MR) is 67.0 cm³/mol. The molecule has 0 saturated carbocycles. The minimum absolute atomic E-state index is 0.150. The molecule has 0 amide bonds. The van der Waals surface area contributed by atoms with Gasteiger partial charge in [-0.1, -0.05) is 27.2 Å². The monoisotopic (exact) mass is 246 g/mol. The van der Waals surface area contributed by atoms with Crippen molar-refractivity contribution >= 4 is 5.97 Å². The smallest absolute Gasteiger partial charge is 0.306 e. The average molecular weight is 246 g/mol. The first kappa shape index (κ1) is 16.4. The lowest BCUT2D eigenvalue weighted by atomic mass is 10.1. The zero-order chi connectivity index (χ0) is 12.9. The quantitative estimate of drug-likeness (QED) is 0.415. The standard InChI is InChI=1S/C13H26O4/c1-4-5-6-15-7-8-16-9-10-17-13(14)11-12(2)3/h12H,4-11H2,1-3H3. The number of unbranched alkanes of at least 4 members (excludes halogenated alkanes) is 1. The Labute approximate surface area is 105 Å². The Morgan fingerprint density at radius 1 is 1.00 bits per heavy atom. The molecule has 0 rings (SSSR count). The van der Waals surface area contributed by atoms with E-state index < -0.39 is 0 Å². The van der Waals surface area contributed by atoms with Crippen molar-refractivity contribution in [1.82, 2.24) is 0 Å². The summed E-state index contributed by atoms with van der Waals surface area (Å²) in [6.45, 7) is 8.86. The van der Waals surface area contributed by atoms with E-state index in [1.165, 1.54) is 0 Å². The van der Waals surface area contributed by atoms with Gasteiger partial charge in [-0.2, -0.15) is 0 Å². The maximum Gasteiger partial charge on any atom is 0.306 e. The van der Waals surface area contributed by atoms with Crippen molar-refractivity contribution in [3.8, 4) is 0 Å². The Morgan fingerprint density at radius 3 is 2.18 bits per heavy atom. The first-order valence-corrected chi connectivity index (χ1v) is 6.48. The molecule has 0 fully saturated rings. The highest BCUT2D eigenvalue weighted by Crippen LogP contribution is 2.00. The van der Waals surface area contributed by atoms with Crippen molar-refractivity contribution in [2.45, 2.75) is 40.0 Å². The van der Waals surface area contributed by atoms with Crippen LogP contribution in [0.3, 0.4) is 0 Å². The minimum Gasteiger partial charge on any atom is -0.463 e. The molecule has 0 radical (unpaired) electrons. The zero-order valence-electron chi connectivity index (χ0n) is 11.4. The second kappa shape index (κ2) is 11.9. The molecule has 0 aromatic carbocycles. The highest BCUT2D eigenvalue weighted by Gasteiger charge is 2.05. The molecule has 0 atom stereocenters. The van der Waals surface area contributed by atoms with Gasteiger partial charge in [0, 0.05) is 13.0 Å². The summed E-state index contributed by atoms with van der Waals surface area (Å²) in [6, 6.07) is 0. The fourth-order valence-corrected chi connectivity index (χ4v) is 1.18. The molecule has 4 heteroatoms. The summed E-state index contributed by atoms with van der Waals surface area (Å²) in [6.07, 6.45) is 2.71. The van der Waals surface area contributed by atoms with Crippen LogP contribution in [-0.4, -0.2) is 39.0 Å². The van der Waals surface area contributed by atoms with Gasteiger partial charge in [0.25, 0.3) is 0 Å². The summed E-state index contributed by atoms with van der Waals surface area (Å²) in [5.74, 6) is 0.193. The van der Waals surface area contributed by atoms with Crippen LogP contribution in [0.4, 0.5) is 0 Å². The SMILES string of the molecule is CCCCOCCOCCOC(=O)CC(C)C. The molecule has 102 valence electrons. The van der Waals surface area contributed by atoms with Gasteiger partial charge in [-0.05, 0) is 12.3 Å². The Balaban J connectivity index is 3.10. The molecule has 0 aromatic heterocycles. The van der Waals surface area contributed by atoms with Crippen molar-refractivity contribution in [3.05, 3.63) is 0 Å². The van der Waals surface area contributed by atoms with Gasteiger partial charge in [0.1, 0.15) is 6.61 Å². The molecule has 0 unspecified atom stereocenters. The fourth-order valence-electron chi connectivity index (χ4n) is 1.18. The summed E-state index contributed by atoms with van der Waals surface area (Å²) in [5, 5.41) is 0. The molecule has 0 bridgehead atoms. The third-order valence-electron chi connectivity index (χ3n) is 2.08. The topological polar surface area (TPSA) is 44.8 Å². The van der Waals surface area contributed by atoms with Crippen LogP contribution in [-0.2, 0) is 19.0 Å². The third kappa shape index (κ3) is 13.3. The fraction of sp³-hybridized carbons (Fsp3) is 0.923. The number of ether oxygens (including phenoxy) is 3. The van der Waals surface area contributed by atoms with E-state index in [9.17, 15) is 4.79 Å². The summed E-state index contributed by atoms with van der Waals surface area (Å²) in [5.41, 5.74) is 0. The van der Waals surface area contributed by atoms with Crippen LogP contribution in [0.5, 0.6) is 0 Å². The van der Waals surface area contributed by atoms with Gasteiger partial charge in [-0.3, -0.25) is 4.79 Å². The van der Waals surface area contributed by atoms with E-state index in [0.717, 1.165) is 19.4 Å². The molecule has 4 nitrogen and oxygen atoms in total. The molecular weight excluding hydrogens is 220 g/mol. The number of esters is 1. The van der Waals surface area contributed by atoms with Crippen molar-refractivity contribution < 1.29 is 19.0 Å². The number of carbonyl (C=O) groups is 1. The summed E-state index contributed by atoms with van der Waals surface area (Å²) < 4.78 is 15.6. The van der Waals surface area contributed by atoms with Crippen LogP contribution in [0.2, 0.25) is 0 Å². The van der Waals surface area contributed by atoms with E-state index >= 15 is 0 Å². The van der Waals surface area contributed by atoms with Gasteiger partial charge in [-0.15, -0.1) is 0 Å². The van der Waals surface area contributed by atoms with Crippen LogP contribution in [0.25, 0.3) is 0 Å². The Kier molecular flexibility index (Phi) is 11.4. The van der Waals surface area contributed by atoms with E-state index in [1.54, 1.807) is 0 Å². The average Bonchev–Trinajstić information content (AvgIpc) is 2.26. The normalized spacial score (nSPS) is 10.8. The lowest BCUT2D eigenvalue weighted by molar-refractivity contribution is -0.146. The minimum atomic E-state index is -0.150. The number of rotatable bonds is 11. The van der Waals surface area contributed by atoms with E-state index in [0.29, 0.717) is 38.8 Å². The van der Waals surface area contributed by atoms with Crippen LogP contribution < -0.4 is 0 Å². The Morgan fingerprint density at radius 2 is 1.59 bits per heavy atom. The summed E-state index contributed by atoms with van der Waals surface area (Å²) in [4.78, 5) is 11.2. The van der Waals surface area contributed by atoms with Crippen LogP contribution in [0.15, 0.2) is 0 Å². The van der Waals surface area contributed by atoms with Crippen molar-refractivity contribution in [2.24, 2.45) is 5.92 Å². The molecule has 0 aromatic rings. The maximum atomic E-state index is 11.2. The number of carbonyl (C=O) groups excluding carboxylic acids is 1. The molecule has 0 heterocycles. The van der Waals surface area contributed by atoms with E-state index in [2.05, 4.69) is 6.92 Å². The highest BCUT2D eigenvalue weighted by atomic mass is 16.6. The lowest BCUT2D eigenvalue weighted by Gasteiger charge is -2.07. The Bertz CT molecular complexity index is 180. The molecule has 0 aliphatic heterocycles. The Hall–Kier alpha value is -0.610. The molecule has 17 heavy (non-hydrogen) atoms. The highest BCUT2D eigenvalue weighted by molar-refractivity contribution is 5.69. The predicted octanol–water partition coefficient (Wildman–Crippen LogP) is 2.41. The first-order valence-electron chi connectivity index (χ1n) is 6.48.